The van der Waals surface area contributed by atoms with Gasteiger partial charge in [0.25, 0.3) is 0 Å². The van der Waals surface area contributed by atoms with Gasteiger partial charge in [-0.05, 0) is 25.0 Å². The van der Waals surface area contributed by atoms with E-state index in [9.17, 15) is 9.18 Å². The number of halogens is 1. The standard InChI is InChI=1S/C18H23FN4OS/c1-22(13-8-4-3-5-9-13)16(24)12-25-18-21-20-17(23(18)2)14-10-6-7-11-15(14)19/h6-7,10-11,13H,3-5,8-9,12H2,1-2H3. The Hall–Kier alpha value is -1.89. The Morgan fingerprint density at radius 2 is 2.00 bits per heavy atom. The molecular weight excluding hydrogens is 339 g/mol. The molecule has 1 aliphatic carbocycles. The van der Waals surface area contributed by atoms with Gasteiger partial charge in [-0.25, -0.2) is 4.39 Å². The van der Waals surface area contributed by atoms with Crippen molar-refractivity contribution in [3.05, 3.63) is 30.1 Å². The number of amides is 1. The Kier molecular flexibility index (Phi) is 5.73. The number of rotatable bonds is 5. The summed E-state index contributed by atoms with van der Waals surface area (Å²) in [5, 5.41) is 8.82. The SMILES string of the molecule is CN(C(=O)CSc1nnc(-c2ccccc2F)n1C)C1CCCCC1. The van der Waals surface area contributed by atoms with Crippen molar-refractivity contribution in [3.8, 4) is 11.4 Å². The van der Waals surface area contributed by atoms with Gasteiger partial charge in [-0.1, -0.05) is 43.2 Å². The predicted molar refractivity (Wildman–Crippen MR) is 96.8 cm³/mol. The quantitative estimate of drug-likeness (QED) is 0.764. The number of carbonyl (C=O) groups is 1. The zero-order chi connectivity index (χ0) is 17.8. The summed E-state index contributed by atoms with van der Waals surface area (Å²) in [6.07, 6.45) is 5.85. The van der Waals surface area contributed by atoms with Gasteiger partial charge in [-0.3, -0.25) is 4.79 Å². The van der Waals surface area contributed by atoms with Crippen LogP contribution in [0.2, 0.25) is 0 Å². The lowest BCUT2D eigenvalue weighted by molar-refractivity contribution is -0.129. The van der Waals surface area contributed by atoms with E-state index in [1.807, 2.05) is 11.9 Å². The molecule has 1 heterocycles. The first-order chi connectivity index (χ1) is 12.1. The molecule has 1 aliphatic rings. The zero-order valence-electron chi connectivity index (χ0n) is 14.6. The van der Waals surface area contributed by atoms with Crippen LogP contribution in [0.4, 0.5) is 4.39 Å². The summed E-state index contributed by atoms with van der Waals surface area (Å²) in [6, 6.07) is 6.85. The summed E-state index contributed by atoms with van der Waals surface area (Å²) in [7, 11) is 3.68. The van der Waals surface area contributed by atoms with E-state index >= 15 is 0 Å². The van der Waals surface area contributed by atoms with E-state index in [0.29, 0.717) is 28.3 Å². The van der Waals surface area contributed by atoms with Crippen molar-refractivity contribution >= 4 is 17.7 Å². The Labute approximate surface area is 151 Å². The highest BCUT2D eigenvalue weighted by Gasteiger charge is 2.23. The molecule has 0 N–H and O–H groups in total. The predicted octanol–water partition coefficient (Wildman–Crippen LogP) is 3.50. The number of benzene rings is 1. The van der Waals surface area contributed by atoms with Crippen molar-refractivity contribution in [2.45, 2.75) is 43.3 Å². The zero-order valence-corrected chi connectivity index (χ0v) is 15.4. The minimum absolute atomic E-state index is 0.104. The second-order valence-electron chi connectivity index (χ2n) is 6.43. The molecule has 2 aromatic rings. The number of aromatic nitrogens is 3. The van der Waals surface area contributed by atoms with Crippen molar-refractivity contribution < 1.29 is 9.18 Å². The van der Waals surface area contributed by atoms with Gasteiger partial charge >= 0.3 is 0 Å². The van der Waals surface area contributed by atoms with E-state index < -0.39 is 0 Å². The molecule has 1 fully saturated rings. The van der Waals surface area contributed by atoms with Crippen LogP contribution in [-0.2, 0) is 11.8 Å². The molecule has 0 spiro atoms. The minimum Gasteiger partial charge on any atom is -0.342 e. The summed E-state index contributed by atoms with van der Waals surface area (Å²) in [5.41, 5.74) is 0.412. The summed E-state index contributed by atoms with van der Waals surface area (Å²) >= 11 is 1.34. The van der Waals surface area contributed by atoms with Crippen LogP contribution < -0.4 is 0 Å². The molecule has 7 heteroatoms. The fraction of sp³-hybridized carbons (Fsp3) is 0.500. The first-order valence-electron chi connectivity index (χ1n) is 8.60. The van der Waals surface area contributed by atoms with Crippen molar-refractivity contribution in [1.82, 2.24) is 19.7 Å². The van der Waals surface area contributed by atoms with E-state index in [-0.39, 0.29) is 11.7 Å². The number of thioether (sulfide) groups is 1. The number of carbonyl (C=O) groups excluding carboxylic acids is 1. The van der Waals surface area contributed by atoms with E-state index in [2.05, 4.69) is 10.2 Å². The highest BCUT2D eigenvalue weighted by molar-refractivity contribution is 7.99. The van der Waals surface area contributed by atoms with E-state index in [1.165, 1.54) is 37.1 Å². The van der Waals surface area contributed by atoms with Crippen LogP contribution >= 0.6 is 11.8 Å². The lowest BCUT2D eigenvalue weighted by Gasteiger charge is -2.31. The maximum Gasteiger partial charge on any atom is 0.233 e. The van der Waals surface area contributed by atoms with E-state index in [4.69, 9.17) is 0 Å². The molecule has 1 aromatic carbocycles. The molecule has 25 heavy (non-hydrogen) atoms. The van der Waals surface area contributed by atoms with Crippen LogP contribution in [0.15, 0.2) is 29.4 Å². The average Bonchev–Trinajstić information content (AvgIpc) is 3.00. The van der Waals surface area contributed by atoms with Crippen LogP contribution in [0, 0.1) is 5.82 Å². The van der Waals surface area contributed by atoms with Crippen molar-refractivity contribution in [1.29, 1.82) is 0 Å². The largest absolute Gasteiger partial charge is 0.342 e. The fourth-order valence-electron chi connectivity index (χ4n) is 3.22. The number of nitrogens with zero attached hydrogens (tertiary/aromatic N) is 4. The molecule has 3 rings (SSSR count). The van der Waals surface area contributed by atoms with Gasteiger partial charge in [-0.2, -0.15) is 0 Å². The molecule has 1 amide bonds. The van der Waals surface area contributed by atoms with Crippen LogP contribution in [0.5, 0.6) is 0 Å². The van der Waals surface area contributed by atoms with Gasteiger partial charge in [0.1, 0.15) is 5.82 Å². The second kappa shape index (κ2) is 7.99. The van der Waals surface area contributed by atoms with Crippen molar-refractivity contribution in [3.63, 3.8) is 0 Å². The maximum absolute atomic E-state index is 13.9. The lowest BCUT2D eigenvalue weighted by atomic mass is 9.94. The highest BCUT2D eigenvalue weighted by Crippen LogP contribution is 2.26. The normalized spacial score (nSPS) is 15.3. The third-order valence-electron chi connectivity index (χ3n) is 4.79. The molecule has 0 unspecified atom stereocenters. The molecule has 0 radical (unpaired) electrons. The summed E-state index contributed by atoms with van der Waals surface area (Å²) in [6.45, 7) is 0. The summed E-state index contributed by atoms with van der Waals surface area (Å²) < 4.78 is 15.7. The van der Waals surface area contributed by atoms with Gasteiger partial charge < -0.3 is 9.47 Å². The van der Waals surface area contributed by atoms with Gasteiger partial charge in [0.2, 0.25) is 5.91 Å². The Morgan fingerprint density at radius 1 is 1.28 bits per heavy atom. The first-order valence-corrected chi connectivity index (χ1v) is 9.59. The van der Waals surface area contributed by atoms with Gasteiger partial charge in [-0.15, -0.1) is 10.2 Å². The third-order valence-corrected chi connectivity index (χ3v) is 5.80. The number of hydrogen-bond donors (Lipinski definition) is 0. The molecule has 0 aliphatic heterocycles. The lowest BCUT2D eigenvalue weighted by Crippen LogP contribution is -2.39. The Balaban J connectivity index is 1.64. The highest BCUT2D eigenvalue weighted by atomic mass is 32.2. The summed E-state index contributed by atoms with van der Waals surface area (Å²) in [4.78, 5) is 14.3. The molecule has 0 atom stereocenters. The minimum atomic E-state index is -0.331. The molecule has 1 saturated carbocycles. The molecule has 0 bridgehead atoms. The van der Waals surface area contributed by atoms with Crippen molar-refractivity contribution in [2.75, 3.05) is 12.8 Å². The van der Waals surface area contributed by atoms with E-state index in [1.54, 1.807) is 29.8 Å². The summed E-state index contributed by atoms with van der Waals surface area (Å²) in [5.74, 6) is 0.555. The van der Waals surface area contributed by atoms with Crippen molar-refractivity contribution in [2.24, 2.45) is 7.05 Å². The topological polar surface area (TPSA) is 51.0 Å². The first kappa shape index (κ1) is 17.9. The molecule has 0 saturated heterocycles. The van der Waals surface area contributed by atoms with Crippen LogP contribution in [0.3, 0.4) is 0 Å². The monoisotopic (exact) mass is 362 g/mol. The van der Waals surface area contributed by atoms with Crippen LogP contribution in [0.1, 0.15) is 32.1 Å². The van der Waals surface area contributed by atoms with E-state index in [0.717, 1.165) is 12.8 Å². The Morgan fingerprint density at radius 3 is 2.72 bits per heavy atom. The second-order valence-corrected chi connectivity index (χ2v) is 7.37. The van der Waals surface area contributed by atoms with Crippen LogP contribution in [-0.4, -0.2) is 44.4 Å². The molecule has 5 nitrogen and oxygen atoms in total. The maximum atomic E-state index is 13.9. The van der Waals surface area contributed by atoms with Gasteiger partial charge in [0, 0.05) is 20.1 Å². The third kappa shape index (κ3) is 4.03. The number of hydrogen-bond acceptors (Lipinski definition) is 4. The molecular formula is C18H23FN4OS. The van der Waals surface area contributed by atoms with Gasteiger partial charge in [0.15, 0.2) is 11.0 Å². The van der Waals surface area contributed by atoms with Crippen LogP contribution in [0.25, 0.3) is 11.4 Å². The molecule has 134 valence electrons. The smallest absolute Gasteiger partial charge is 0.233 e. The fourth-order valence-corrected chi connectivity index (χ4v) is 4.05. The Bertz CT molecular complexity index is 742. The van der Waals surface area contributed by atoms with Gasteiger partial charge in [0.05, 0.1) is 11.3 Å². The average molecular weight is 362 g/mol. The molecule has 1 aromatic heterocycles.